The molecule has 0 unspecified atom stereocenters. The Morgan fingerprint density at radius 3 is 2.65 bits per heavy atom. The molecule has 2 heterocycles. The molecule has 0 amide bonds. The number of nitrogens with one attached hydrogen (secondary N) is 1. The highest BCUT2D eigenvalue weighted by atomic mass is 32.2. The van der Waals surface area contributed by atoms with Gasteiger partial charge >= 0.3 is 0 Å². The summed E-state index contributed by atoms with van der Waals surface area (Å²) < 4.78 is 24.7. The van der Waals surface area contributed by atoms with Crippen LogP contribution in [0.15, 0.2) is 4.79 Å². The zero-order valence-corrected chi connectivity index (χ0v) is 10.4. The first kappa shape index (κ1) is 11.1. The van der Waals surface area contributed by atoms with E-state index in [2.05, 4.69) is 5.10 Å². The molecule has 1 aliphatic carbocycles. The lowest BCUT2D eigenvalue weighted by Crippen LogP contribution is -2.25. The van der Waals surface area contributed by atoms with Gasteiger partial charge in [0.25, 0.3) is 5.56 Å². The highest BCUT2D eigenvalue weighted by molar-refractivity contribution is 7.90. The van der Waals surface area contributed by atoms with Gasteiger partial charge in [0, 0.05) is 12.1 Å². The van der Waals surface area contributed by atoms with Crippen molar-refractivity contribution >= 4 is 9.84 Å². The zero-order chi connectivity index (χ0) is 12.0. The molecule has 0 spiro atoms. The van der Waals surface area contributed by atoms with Crippen LogP contribution in [-0.2, 0) is 22.0 Å². The van der Waals surface area contributed by atoms with Crippen LogP contribution in [0.5, 0.6) is 0 Å². The Labute approximate surface area is 99.7 Å². The van der Waals surface area contributed by atoms with E-state index in [1.54, 1.807) is 4.68 Å². The molecule has 2 aliphatic rings. The van der Waals surface area contributed by atoms with Gasteiger partial charge < -0.3 is 0 Å². The molecule has 6 heteroatoms. The standard InChI is InChI=1S/C11H16N2O3S/c14-11-9-7-17(15,16)6-5-10(9)12-13(11)8-3-1-2-4-8/h8,12H,1-7H2. The average molecular weight is 256 g/mol. The Morgan fingerprint density at radius 2 is 1.94 bits per heavy atom. The van der Waals surface area contributed by atoms with Crippen molar-refractivity contribution in [2.75, 3.05) is 5.75 Å². The number of fused-ring (bicyclic) bond motifs is 1. The van der Waals surface area contributed by atoms with Gasteiger partial charge in [-0.15, -0.1) is 0 Å². The number of aromatic amines is 1. The molecule has 0 saturated heterocycles. The summed E-state index contributed by atoms with van der Waals surface area (Å²) in [6.45, 7) is 0. The summed E-state index contributed by atoms with van der Waals surface area (Å²) in [6, 6.07) is 0.246. The molecule has 17 heavy (non-hydrogen) atoms. The molecule has 3 rings (SSSR count). The fourth-order valence-electron chi connectivity index (χ4n) is 2.86. The van der Waals surface area contributed by atoms with Crippen molar-refractivity contribution in [1.29, 1.82) is 0 Å². The Morgan fingerprint density at radius 1 is 1.24 bits per heavy atom. The lowest BCUT2D eigenvalue weighted by Gasteiger charge is -2.10. The summed E-state index contributed by atoms with van der Waals surface area (Å²) >= 11 is 0. The third kappa shape index (κ3) is 1.84. The molecule has 5 nitrogen and oxygen atoms in total. The quantitative estimate of drug-likeness (QED) is 0.806. The lowest BCUT2D eigenvalue weighted by atomic mass is 10.2. The van der Waals surface area contributed by atoms with Crippen LogP contribution < -0.4 is 5.56 Å². The van der Waals surface area contributed by atoms with E-state index in [9.17, 15) is 13.2 Å². The van der Waals surface area contributed by atoms with Crippen molar-refractivity contribution in [3.63, 3.8) is 0 Å². The van der Waals surface area contributed by atoms with Crippen LogP contribution in [0.25, 0.3) is 0 Å². The molecule has 0 aromatic carbocycles. The molecule has 0 atom stereocenters. The van der Waals surface area contributed by atoms with Crippen molar-refractivity contribution in [3.8, 4) is 0 Å². The van der Waals surface area contributed by atoms with Gasteiger partial charge in [-0.05, 0) is 12.8 Å². The van der Waals surface area contributed by atoms with Gasteiger partial charge in [0.05, 0.1) is 23.1 Å². The topological polar surface area (TPSA) is 71.9 Å². The maximum atomic E-state index is 12.2. The van der Waals surface area contributed by atoms with Gasteiger partial charge in [0.1, 0.15) is 0 Å². The number of aryl methyl sites for hydroxylation is 1. The fraction of sp³-hybridized carbons (Fsp3) is 0.727. The van der Waals surface area contributed by atoms with Crippen LogP contribution in [0, 0.1) is 0 Å². The summed E-state index contributed by atoms with van der Waals surface area (Å²) in [6.07, 6.45) is 4.79. The van der Waals surface area contributed by atoms with Crippen LogP contribution in [0.3, 0.4) is 0 Å². The Hall–Kier alpha value is -1.04. The Bertz CT molecular complexity index is 591. The normalized spacial score (nSPS) is 23.8. The Kier molecular flexibility index (Phi) is 2.43. The van der Waals surface area contributed by atoms with E-state index < -0.39 is 9.84 Å². The predicted octanol–water partition coefficient (Wildman–Crippen LogP) is 0.762. The smallest absolute Gasteiger partial charge is 0.271 e. The first-order valence-corrected chi connectivity index (χ1v) is 7.92. The molecule has 1 aromatic heterocycles. The summed E-state index contributed by atoms with van der Waals surface area (Å²) in [5.41, 5.74) is 1.19. The summed E-state index contributed by atoms with van der Waals surface area (Å²) in [5.74, 6) is 0.0714. The molecule has 1 saturated carbocycles. The van der Waals surface area contributed by atoms with Gasteiger partial charge in [-0.3, -0.25) is 9.89 Å². The predicted molar refractivity (Wildman–Crippen MR) is 63.8 cm³/mol. The van der Waals surface area contributed by atoms with E-state index >= 15 is 0 Å². The first-order valence-electron chi connectivity index (χ1n) is 6.09. The molecule has 1 aromatic rings. The molecular formula is C11H16N2O3S. The average Bonchev–Trinajstić information content (AvgIpc) is 2.87. The summed E-state index contributed by atoms with van der Waals surface area (Å²) in [4.78, 5) is 12.2. The number of hydrogen-bond acceptors (Lipinski definition) is 3. The van der Waals surface area contributed by atoms with Gasteiger partial charge in [0.15, 0.2) is 9.84 Å². The number of rotatable bonds is 1. The molecule has 94 valence electrons. The number of H-pyrrole nitrogens is 1. The van der Waals surface area contributed by atoms with E-state index in [0.717, 1.165) is 31.4 Å². The Balaban J connectivity index is 2.04. The minimum Gasteiger partial charge on any atom is -0.299 e. The zero-order valence-electron chi connectivity index (χ0n) is 9.61. The van der Waals surface area contributed by atoms with Crippen molar-refractivity contribution in [2.45, 2.75) is 43.9 Å². The minimum absolute atomic E-state index is 0.0859. The van der Waals surface area contributed by atoms with Crippen LogP contribution >= 0.6 is 0 Å². The van der Waals surface area contributed by atoms with E-state index in [4.69, 9.17) is 0 Å². The molecule has 1 fully saturated rings. The maximum Gasteiger partial charge on any atom is 0.271 e. The molecule has 0 bridgehead atoms. The minimum atomic E-state index is -3.06. The van der Waals surface area contributed by atoms with Crippen LogP contribution in [0.1, 0.15) is 43.0 Å². The molecular weight excluding hydrogens is 240 g/mol. The second-order valence-electron chi connectivity index (χ2n) is 5.02. The largest absolute Gasteiger partial charge is 0.299 e. The highest BCUT2D eigenvalue weighted by Crippen LogP contribution is 2.28. The van der Waals surface area contributed by atoms with Crippen molar-refractivity contribution in [1.82, 2.24) is 9.78 Å². The first-order chi connectivity index (χ1) is 8.07. The van der Waals surface area contributed by atoms with Crippen LogP contribution in [0.4, 0.5) is 0 Å². The number of nitrogens with zero attached hydrogens (tertiary/aromatic N) is 1. The van der Waals surface area contributed by atoms with E-state index in [0.29, 0.717) is 12.0 Å². The molecule has 1 aliphatic heterocycles. The molecule has 0 radical (unpaired) electrons. The third-order valence-electron chi connectivity index (χ3n) is 3.81. The second-order valence-corrected chi connectivity index (χ2v) is 7.21. The highest BCUT2D eigenvalue weighted by Gasteiger charge is 2.29. The number of sulfone groups is 1. The van der Waals surface area contributed by atoms with Gasteiger partial charge in [-0.2, -0.15) is 0 Å². The van der Waals surface area contributed by atoms with Gasteiger partial charge in [0.2, 0.25) is 0 Å². The van der Waals surface area contributed by atoms with Crippen molar-refractivity contribution in [2.24, 2.45) is 0 Å². The number of aromatic nitrogens is 2. The van der Waals surface area contributed by atoms with E-state index in [1.165, 1.54) is 0 Å². The fourth-order valence-corrected chi connectivity index (χ4v) is 4.26. The lowest BCUT2D eigenvalue weighted by molar-refractivity contribution is 0.451. The summed E-state index contributed by atoms with van der Waals surface area (Å²) in [5, 5.41) is 3.12. The van der Waals surface area contributed by atoms with Crippen LogP contribution in [0.2, 0.25) is 0 Å². The number of hydrogen-bond donors (Lipinski definition) is 1. The summed E-state index contributed by atoms with van der Waals surface area (Å²) in [7, 11) is -3.06. The van der Waals surface area contributed by atoms with E-state index in [1.807, 2.05) is 0 Å². The van der Waals surface area contributed by atoms with Crippen molar-refractivity contribution < 1.29 is 8.42 Å². The second kappa shape index (κ2) is 3.73. The maximum absolute atomic E-state index is 12.2. The van der Waals surface area contributed by atoms with Crippen LogP contribution in [-0.4, -0.2) is 24.0 Å². The monoisotopic (exact) mass is 256 g/mol. The van der Waals surface area contributed by atoms with Gasteiger partial charge in [-0.1, -0.05) is 12.8 Å². The van der Waals surface area contributed by atoms with E-state index in [-0.39, 0.29) is 23.1 Å². The third-order valence-corrected chi connectivity index (χ3v) is 5.37. The SMILES string of the molecule is O=c1c2c([nH]n1C1CCCC1)CCS(=O)(=O)C2. The van der Waals surface area contributed by atoms with Crippen molar-refractivity contribution in [3.05, 3.63) is 21.6 Å². The van der Waals surface area contributed by atoms with Gasteiger partial charge in [-0.25, -0.2) is 13.1 Å². The molecule has 1 N–H and O–H groups in total.